The lowest BCUT2D eigenvalue weighted by Gasteiger charge is -2.21. The van der Waals surface area contributed by atoms with Crippen LogP contribution in [-0.4, -0.2) is 46.5 Å². The van der Waals surface area contributed by atoms with Crippen LogP contribution >= 0.6 is 0 Å². The van der Waals surface area contributed by atoms with Gasteiger partial charge in [0.2, 0.25) is 6.39 Å². The van der Waals surface area contributed by atoms with Crippen molar-refractivity contribution in [3.8, 4) is 17.2 Å². The first-order chi connectivity index (χ1) is 12.2. The zero-order valence-corrected chi connectivity index (χ0v) is 14.1. The molecule has 0 radical (unpaired) electrons. The van der Waals surface area contributed by atoms with Crippen LogP contribution in [0.15, 0.2) is 65.4 Å². The lowest BCUT2D eigenvalue weighted by Crippen LogP contribution is -2.32. The Morgan fingerprint density at radius 2 is 1.88 bits per heavy atom. The Morgan fingerprint density at radius 1 is 1.12 bits per heavy atom. The summed E-state index contributed by atoms with van der Waals surface area (Å²) >= 11 is 0. The molecule has 1 N–H and O–H groups in total. The number of aromatic nitrogens is 2. The molecule has 0 fully saturated rings. The average molecular weight is 339 g/mol. The normalized spacial score (nSPS) is 12.3. The summed E-state index contributed by atoms with van der Waals surface area (Å²) in [5, 5.41) is 17.9. The molecule has 1 heterocycles. The molecule has 0 saturated carbocycles. The molecule has 3 aromatic rings. The van der Waals surface area contributed by atoms with Crippen molar-refractivity contribution < 1.29 is 14.3 Å². The number of nitrogens with zero attached hydrogens (tertiary/aromatic N) is 3. The van der Waals surface area contributed by atoms with Gasteiger partial charge in [0.05, 0.1) is 5.56 Å². The van der Waals surface area contributed by atoms with E-state index in [-0.39, 0.29) is 6.61 Å². The highest BCUT2D eigenvalue weighted by atomic mass is 16.5. The van der Waals surface area contributed by atoms with E-state index in [1.54, 1.807) is 0 Å². The largest absolute Gasteiger partial charge is 0.490 e. The molecule has 25 heavy (non-hydrogen) atoms. The van der Waals surface area contributed by atoms with Crippen molar-refractivity contribution >= 4 is 0 Å². The second-order valence-electron chi connectivity index (χ2n) is 5.89. The molecule has 3 rings (SSSR count). The molecule has 1 aromatic heterocycles. The van der Waals surface area contributed by atoms with Gasteiger partial charge < -0.3 is 14.3 Å². The van der Waals surface area contributed by atoms with Crippen LogP contribution in [0, 0.1) is 0 Å². The summed E-state index contributed by atoms with van der Waals surface area (Å²) in [6.45, 7) is 1.47. The molecule has 2 aromatic carbocycles. The Bertz CT molecular complexity index is 763. The van der Waals surface area contributed by atoms with Crippen LogP contribution in [0.3, 0.4) is 0 Å². The van der Waals surface area contributed by atoms with E-state index < -0.39 is 6.10 Å². The Hall–Kier alpha value is -2.70. The maximum atomic E-state index is 10.3. The molecule has 0 spiro atoms. The predicted octanol–water partition coefficient (Wildman–Crippen LogP) is 2.61. The first-order valence-corrected chi connectivity index (χ1v) is 8.11. The molecule has 0 aliphatic rings. The van der Waals surface area contributed by atoms with Gasteiger partial charge in [-0.25, -0.2) is 0 Å². The number of rotatable bonds is 8. The van der Waals surface area contributed by atoms with Gasteiger partial charge in [-0.1, -0.05) is 42.5 Å². The summed E-state index contributed by atoms with van der Waals surface area (Å²) in [6.07, 6.45) is 0.670. The van der Waals surface area contributed by atoms with Crippen molar-refractivity contribution in [3.05, 3.63) is 66.6 Å². The fourth-order valence-corrected chi connectivity index (χ4v) is 2.62. The summed E-state index contributed by atoms with van der Waals surface area (Å²) in [4.78, 5) is 2.06. The Morgan fingerprint density at radius 3 is 2.64 bits per heavy atom. The molecule has 0 bridgehead atoms. The number of aliphatic hydroxyl groups excluding tert-OH is 1. The molecular weight excluding hydrogens is 318 g/mol. The Labute approximate surface area is 146 Å². The number of likely N-dealkylation sites (N-methyl/N-ethyl adjacent to an activating group) is 1. The van der Waals surface area contributed by atoms with Crippen molar-refractivity contribution in [1.29, 1.82) is 0 Å². The zero-order chi connectivity index (χ0) is 17.5. The number of aliphatic hydroxyl groups is 1. The van der Waals surface area contributed by atoms with Gasteiger partial charge in [0.1, 0.15) is 18.5 Å². The molecule has 0 aliphatic heterocycles. The topological polar surface area (TPSA) is 71.6 Å². The number of hydrogen-bond acceptors (Lipinski definition) is 6. The van der Waals surface area contributed by atoms with Crippen molar-refractivity contribution in [2.24, 2.45) is 0 Å². The zero-order valence-electron chi connectivity index (χ0n) is 14.1. The van der Waals surface area contributed by atoms with Crippen LogP contribution in [-0.2, 0) is 6.54 Å². The van der Waals surface area contributed by atoms with Crippen molar-refractivity contribution in [1.82, 2.24) is 15.1 Å². The lowest BCUT2D eigenvalue weighted by molar-refractivity contribution is 0.0745. The quantitative estimate of drug-likeness (QED) is 0.680. The summed E-state index contributed by atoms with van der Waals surface area (Å²) in [6, 6.07) is 17.6. The average Bonchev–Trinajstić information content (AvgIpc) is 3.15. The predicted molar refractivity (Wildman–Crippen MR) is 94.0 cm³/mol. The molecular formula is C19H21N3O3. The van der Waals surface area contributed by atoms with E-state index in [1.165, 1.54) is 12.0 Å². The maximum Gasteiger partial charge on any atom is 0.251 e. The van der Waals surface area contributed by atoms with E-state index in [0.717, 1.165) is 6.54 Å². The third-order valence-corrected chi connectivity index (χ3v) is 3.73. The van der Waals surface area contributed by atoms with E-state index in [9.17, 15) is 5.11 Å². The van der Waals surface area contributed by atoms with Gasteiger partial charge in [-0.05, 0) is 24.7 Å². The summed E-state index contributed by atoms with van der Waals surface area (Å²) < 4.78 is 11.0. The number of hydrogen-bond donors (Lipinski definition) is 1. The molecule has 6 nitrogen and oxygen atoms in total. The van der Waals surface area contributed by atoms with Gasteiger partial charge >= 0.3 is 0 Å². The van der Waals surface area contributed by atoms with E-state index in [1.807, 2.05) is 49.5 Å². The van der Waals surface area contributed by atoms with Gasteiger partial charge in [0, 0.05) is 13.1 Å². The number of benzene rings is 2. The van der Waals surface area contributed by atoms with Crippen LogP contribution in [0.4, 0.5) is 0 Å². The van der Waals surface area contributed by atoms with Crippen molar-refractivity contribution in [3.63, 3.8) is 0 Å². The van der Waals surface area contributed by atoms with Gasteiger partial charge in [-0.3, -0.25) is 4.90 Å². The van der Waals surface area contributed by atoms with Crippen LogP contribution in [0.25, 0.3) is 11.5 Å². The summed E-state index contributed by atoms with van der Waals surface area (Å²) in [5.74, 6) is 1.00. The first-order valence-electron chi connectivity index (χ1n) is 8.11. The molecule has 1 unspecified atom stereocenters. The SMILES string of the molecule is CN(Cc1ccccc1)CC(O)COc1ccccc1-c1nnco1. The summed E-state index contributed by atoms with van der Waals surface area (Å²) in [5.41, 5.74) is 1.92. The van der Waals surface area contributed by atoms with Crippen LogP contribution in [0.5, 0.6) is 5.75 Å². The van der Waals surface area contributed by atoms with Crippen molar-refractivity contribution in [2.75, 3.05) is 20.2 Å². The highest BCUT2D eigenvalue weighted by Gasteiger charge is 2.14. The standard InChI is InChI=1S/C19H21N3O3/c1-22(11-15-7-3-2-4-8-15)12-16(23)13-24-18-10-6-5-9-17(18)19-21-20-14-25-19/h2-10,14,16,23H,11-13H2,1H3. The molecule has 1 atom stereocenters. The monoisotopic (exact) mass is 339 g/mol. The maximum absolute atomic E-state index is 10.3. The molecule has 130 valence electrons. The molecule has 0 amide bonds. The first kappa shape index (κ1) is 17.1. The van der Waals surface area contributed by atoms with Gasteiger partial charge in [0.15, 0.2) is 0 Å². The van der Waals surface area contributed by atoms with E-state index in [2.05, 4.69) is 27.2 Å². The van der Waals surface area contributed by atoms with Gasteiger partial charge in [-0.15, -0.1) is 10.2 Å². The Kier molecular flexibility index (Phi) is 5.77. The van der Waals surface area contributed by atoms with Gasteiger partial charge in [-0.2, -0.15) is 0 Å². The van der Waals surface area contributed by atoms with Crippen molar-refractivity contribution in [2.45, 2.75) is 12.6 Å². The van der Waals surface area contributed by atoms with Crippen LogP contribution < -0.4 is 4.74 Å². The minimum atomic E-state index is -0.607. The third-order valence-electron chi connectivity index (χ3n) is 3.73. The fraction of sp³-hybridized carbons (Fsp3) is 0.263. The second kappa shape index (κ2) is 8.41. The Balaban J connectivity index is 1.53. The minimum Gasteiger partial charge on any atom is -0.490 e. The molecule has 0 saturated heterocycles. The minimum absolute atomic E-state index is 0.185. The highest BCUT2D eigenvalue weighted by molar-refractivity contribution is 5.62. The van der Waals surface area contributed by atoms with E-state index >= 15 is 0 Å². The lowest BCUT2D eigenvalue weighted by atomic mass is 10.2. The van der Waals surface area contributed by atoms with E-state index in [4.69, 9.17) is 9.15 Å². The van der Waals surface area contributed by atoms with Crippen LogP contribution in [0.1, 0.15) is 5.56 Å². The second-order valence-corrected chi connectivity index (χ2v) is 5.89. The number of ether oxygens (including phenoxy) is 1. The molecule has 6 heteroatoms. The summed E-state index contributed by atoms with van der Waals surface area (Å²) in [7, 11) is 1.97. The highest BCUT2D eigenvalue weighted by Crippen LogP contribution is 2.27. The fourth-order valence-electron chi connectivity index (χ4n) is 2.62. The third kappa shape index (κ3) is 4.89. The smallest absolute Gasteiger partial charge is 0.251 e. The van der Waals surface area contributed by atoms with Crippen LogP contribution in [0.2, 0.25) is 0 Å². The van der Waals surface area contributed by atoms with Gasteiger partial charge in [0.25, 0.3) is 5.89 Å². The molecule has 0 aliphatic carbocycles. The number of para-hydroxylation sites is 1. The van der Waals surface area contributed by atoms with E-state index in [0.29, 0.717) is 23.7 Å².